The third-order valence-electron chi connectivity index (χ3n) is 3.16. The van der Waals surface area contributed by atoms with Gasteiger partial charge in [-0.1, -0.05) is 33.6 Å². The molecule has 0 amide bonds. The Morgan fingerprint density at radius 1 is 1.30 bits per heavy atom. The highest BCUT2D eigenvalue weighted by Gasteiger charge is 2.07. The molecule has 1 heterocycles. The van der Waals surface area contributed by atoms with Crippen molar-refractivity contribution in [1.29, 1.82) is 0 Å². The van der Waals surface area contributed by atoms with Gasteiger partial charge in [-0.3, -0.25) is 4.99 Å². The van der Waals surface area contributed by atoms with E-state index in [1.54, 1.807) is 7.05 Å². The normalized spacial score (nSPS) is 11.1. The van der Waals surface area contributed by atoms with Crippen molar-refractivity contribution in [3.05, 3.63) is 50.6 Å². The smallest absolute Gasteiger partial charge is 0.214 e. The molecule has 1 aromatic heterocycles. The third kappa shape index (κ3) is 5.96. The zero-order chi connectivity index (χ0) is 16.1. The molecule has 1 aromatic carbocycles. The fraction of sp³-hybridized carbons (Fsp3) is 0.333. The quantitative estimate of drug-likeness (QED) is 0.366. The van der Waals surface area contributed by atoms with Crippen LogP contribution in [0.5, 0.6) is 0 Å². The number of benzene rings is 1. The summed E-state index contributed by atoms with van der Waals surface area (Å²) >= 11 is 9.58. The van der Waals surface area contributed by atoms with Crippen molar-refractivity contribution in [2.45, 2.75) is 26.9 Å². The Morgan fingerprint density at radius 2 is 2.00 bits per heavy atom. The van der Waals surface area contributed by atoms with Crippen molar-refractivity contribution in [2.24, 2.45) is 4.99 Å². The van der Waals surface area contributed by atoms with Crippen molar-refractivity contribution in [3.63, 3.8) is 0 Å². The van der Waals surface area contributed by atoms with Gasteiger partial charge in [0.25, 0.3) is 0 Å². The predicted octanol–water partition coefficient (Wildman–Crippen LogP) is 4.19. The number of oxazole rings is 1. The topological polar surface area (TPSA) is 62.5 Å². The van der Waals surface area contributed by atoms with Crippen LogP contribution in [0.4, 0.5) is 0 Å². The van der Waals surface area contributed by atoms with E-state index in [0.717, 1.165) is 21.5 Å². The van der Waals surface area contributed by atoms with Crippen LogP contribution in [0.15, 0.2) is 32.1 Å². The predicted molar refractivity (Wildman–Crippen MR) is 108 cm³/mol. The van der Waals surface area contributed by atoms with Crippen LogP contribution < -0.4 is 10.6 Å². The van der Waals surface area contributed by atoms with E-state index in [0.29, 0.717) is 30.0 Å². The Bertz CT molecular complexity index is 671. The van der Waals surface area contributed by atoms with Gasteiger partial charge in [0.1, 0.15) is 5.76 Å². The van der Waals surface area contributed by atoms with Crippen molar-refractivity contribution >= 4 is 57.5 Å². The summed E-state index contributed by atoms with van der Waals surface area (Å²) in [7, 11) is 1.71. The van der Waals surface area contributed by atoms with E-state index >= 15 is 0 Å². The zero-order valence-electron chi connectivity index (χ0n) is 13.1. The summed E-state index contributed by atoms with van der Waals surface area (Å²) in [6.07, 6.45) is 0. The molecular formula is C15H19BrClIN4O. The second-order valence-corrected chi connectivity index (χ2v) is 6.09. The zero-order valence-corrected chi connectivity index (χ0v) is 17.8. The molecule has 5 nitrogen and oxygen atoms in total. The van der Waals surface area contributed by atoms with Gasteiger partial charge in [-0.2, -0.15) is 0 Å². The Labute approximate surface area is 166 Å². The van der Waals surface area contributed by atoms with Gasteiger partial charge in [0.05, 0.1) is 12.2 Å². The minimum Gasteiger partial charge on any atom is -0.444 e. The van der Waals surface area contributed by atoms with Crippen LogP contribution in [0.1, 0.15) is 22.9 Å². The lowest BCUT2D eigenvalue weighted by atomic mass is 10.2. The number of aryl methyl sites for hydroxylation is 2. The number of nitrogens with one attached hydrogen (secondary N) is 2. The number of guanidine groups is 1. The Kier molecular flexibility index (Phi) is 8.35. The van der Waals surface area contributed by atoms with Crippen molar-refractivity contribution in [1.82, 2.24) is 15.6 Å². The number of halogens is 3. The molecule has 0 aliphatic heterocycles. The number of nitrogens with zero attached hydrogens (tertiary/aromatic N) is 2. The van der Waals surface area contributed by atoms with Crippen LogP contribution in [0.3, 0.4) is 0 Å². The lowest BCUT2D eigenvalue weighted by Crippen LogP contribution is -2.36. The van der Waals surface area contributed by atoms with E-state index in [9.17, 15) is 0 Å². The van der Waals surface area contributed by atoms with Gasteiger partial charge in [0.15, 0.2) is 5.96 Å². The average Bonchev–Trinajstić information content (AvgIpc) is 2.79. The molecule has 23 heavy (non-hydrogen) atoms. The summed E-state index contributed by atoms with van der Waals surface area (Å²) in [5.41, 5.74) is 1.90. The fourth-order valence-corrected chi connectivity index (χ4v) is 2.58. The Hall–Kier alpha value is -0.800. The minimum atomic E-state index is 0. The highest BCUT2D eigenvalue weighted by molar-refractivity contribution is 14.0. The average molecular weight is 514 g/mol. The maximum atomic E-state index is 6.19. The molecular weight excluding hydrogens is 494 g/mol. The van der Waals surface area contributed by atoms with Gasteiger partial charge in [-0.15, -0.1) is 24.0 Å². The molecule has 2 aromatic rings. The molecule has 126 valence electrons. The molecule has 0 atom stereocenters. The first-order chi connectivity index (χ1) is 10.5. The fourth-order valence-electron chi connectivity index (χ4n) is 1.84. The summed E-state index contributed by atoms with van der Waals surface area (Å²) in [5, 5.41) is 7.07. The number of aliphatic imine (C=N–C) groups is 1. The molecule has 0 aliphatic carbocycles. The molecule has 2 N–H and O–H groups in total. The van der Waals surface area contributed by atoms with Crippen LogP contribution in [0.25, 0.3) is 0 Å². The molecule has 0 radical (unpaired) electrons. The number of hydrogen-bond donors (Lipinski definition) is 2. The Balaban J connectivity index is 0.00000264. The van der Waals surface area contributed by atoms with Crippen molar-refractivity contribution < 1.29 is 4.42 Å². The van der Waals surface area contributed by atoms with Crippen molar-refractivity contribution in [3.8, 4) is 0 Å². The summed E-state index contributed by atoms with van der Waals surface area (Å²) in [5.74, 6) is 2.13. The van der Waals surface area contributed by atoms with E-state index in [-0.39, 0.29) is 24.0 Å². The summed E-state index contributed by atoms with van der Waals surface area (Å²) < 4.78 is 6.48. The molecule has 0 saturated carbocycles. The van der Waals surface area contributed by atoms with Crippen LogP contribution in [-0.4, -0.2) is 18.0 Å². The van der Waals surface area contributed by atoms with Crippen LogP contribution in [-0.2, 0) is 13.1 Å². The van der Waals surface area contributed by atoms with E-state index < -0.39 is 0 Å². The first-order valence-corrected chi connectivity index (χ1v) is 7.98. The maximum Gasteiger partial charge on any atom is 0.214 e. The number of rotatable bonds is 4. The van der Waals surface area contributed by atoms with Crippen molar-refractivity contribution in [2.75, 3.05) is 7.05 Å². The monoisotopic (exact) mass is 512 g/mol. The standard InChI is InChI=1S/C15H18BrClN4O.HI/c1-9-10(2)22-14(21-9)8-20-15(18-3)19-7-11-4-5-12(16)6-13(11)17;/h4-6H,7-8H2,1-3H3,(H2,18,19,20);1H. The van der Waals surface area contributed by atoms with Gasteiger partial charge in [0, 0.05) is 23.1 Å². The van der Waals surface area contributed by atoms with Gasteiger partial charge >= 0.3 is 0 Å². The third-order valence-corrected chi connectivity index (χ3v) is 4.01. The van der Waals surface area contributed by atoms with Gasteiger partial charge in [-0.25, -0.2) is 4.98 Å². The summed E-state index contributed by atoms with van der Waals surface area (Å²) in [6.45, 7) is 4.87. The first-order valence-electron chi connectivity index (χ1n) is 6.81. The summed E-state index contributed by atoms with van der Waals surface area (Å²) in [6, 6.07) is 5.79. The molecule has 0 fully saturated rings. The van der Waals surface area contributed by atoms with E-state index in [1.165, 1.54) is 0 Å². The molecule has 0 spiro atoms. The summed E-state index contributed by atoms with van der Waals surface area (Å²) in [4.78, 5) is 8.49. The van der Waals surface area contributed by atoms with E-state index in [4.69, 9.17) is 16.0 Å². The minimum absolute atomic E-state index is 0. The second-order valence-electron chi connectivity index (χ2n) is 4.76. The van der Waals surface area contributed by atoms with Gasteiger partial charge in [-0.05, 0) is 31.5 Å². The second kappa shape index (κ2) is 9.48. The number of hydrogen-bond acceptors (Lipinski definition) is 3. The van der Waals surface area contributed by atoms with Crippen LogP contribution >= 0.6 is 51.5 Å². The molecule has 0 saturated heterocycles. The first kappa shape index (κ1) is 20.2. The molecule has 8 heteroatoms. The number of aromatic nitrogens is 1. The molecule has 0 aliphatic rings. The van der Waals surface area contributed by atoms with Crippen LogP contribution in [0, 0.1) is 13.8 Å². The van der Waals surface area contributed by atoms with Gasteiger partial charge < -0.3 is 15.1 Å². The van der Waals surface area contributed by atoms with E-state index in [1.807, 2.05) is 32.0 Å². The Morgan fingerprint density at radius 3 is 2.57 bits per heavy atom. The lowest BCUT2D eigenvalue weighted by Gasteiger charge is -2.11. The largest absolute Gasteiger partial charge is 0.444 e. The molecule has 0 unspecified atom stereocenters. The highest BCUT2D eigenvalue weighted by atomic mass is 127. The molecule has 0 bridgehead atoms. The van der Waals surface area contributed by atoms with Gasteiger partial charge in [0.2, 0.25) is 5.89 Å². The van der Waals surface area contributed by atoms with E-state index in [2.05, 4.69) is 36.5 Å². The van der Waals surface area contributed by atoms with Crippen LogP contribution in [0.2, 0.25) is 5.02 Å². The lowest BCUT2D eigenvalue weighted by molar-refractivity contribution is 0.463. The maximum absolute atomic E-state index is 6.19. The SMILES string of the molecule is CN=C(NCc1nc(C)c(C)o1)NCc1ccc(Br)cc1Cl.I. The molecule has 2 rings (SSSR count). The highest BCUT2D eigenvalue weighted by Crippen LogP contribution is 2.21.